The molecule has 214 valence electrons. The normalized spacial score (nSPS) is 22.1. The van der Waals surface area contributed by atoms with Gasteiger partial charge in [-0.3, -0.25) is 4.79 Å². The predicted molar refractivity (Wildman–Crippen MR) is 153 cm³/mol. The second-order valence-corrected chi connectivity index (χ2v) is 13.5. The van der Waals surface area contributed by atoms with Crippen LogP contribution in [0.5, 0.6) is 5.75 Å². The van der Waals surface area contributed by atoms with Gasteiger partial charge in [0.15, 0.2) is 6.04 Å². The minimum absolute atomic E-state index is 0.0333. The van der Waals surface area contributed by atoms with Crippen LogP contribution in [-0.4, -0.2) is 49.5 Å². The first-order valence-corrected chi connectivity index (χ1v) is 15.6. The van der Waals surface area contributed by atoms with Crippen molar-refractivity contribution in [1.82, 2.24) is 9.62 Å². The topological polar surface area (TPSA) is 102 Å². The maximum Gasteiger partial charge on any atom is 0.298 e. The van der Waals surface area contributed by atoms with Crippen molar-refractivity contribution in [2.75, 3.05) is 0 Å². The number of nitrogens with one attached hydrogen (secondary N) is 1. The predicted octanol–water partition coefficient (Wildman–Crippen LogP) is 5.31. The van der Waals surface area contributed by atoms with E-state index in [9.17, 15) is 13.2 Å². The number of nitrogens with zero attached hydrogens (tertiary/aromatic N) is 1. The molecule has 0 saturated carbocycles. The molecule has 2 saturated heterocycles. The zero-order valence-electron chi connectivity index (χ0n) is 22.2. The van der Waals surface area contributed by atoms with Gasteiger partial charge in [0.2, 0.25) is 15.9 Å². The fourth-order valence-electron chi connectivity index (χ4n) is 5.78. The minimum atomic E-state index is -4.53. The molecule has 2 aliphatic heterocycles. The smallest absolute Gasteiger partial charge is 0.298 e. The maximum absolute atomic E-state index is 16.1. The lowest BCUT2D eigenvalue weighted by Crippen LogP contribution is -2.60. The van der Waals surface area contributed by atoms with Gasteiger partial charge in [0, 0.05) is 28.2 Å². The fraction of sp³-hybridized carbons (Fsp3) is 0.414. The molecule has 3 aromatic carbocycles. The van der Waals surface area contributed by atoms with E-state index in [-0.39, 0.29) is 29.1 Å². The molecule has 11 heteroatoms. The monoisotopic (exact) mass is 635 g/mol. The van der Waals surface area contributed by atoms with Crippen molar-refractivity contribution in [3.63, 3.8) is 0 Å². The summed E-state index contributed by atoms with van der Waals surface area (Å²) in [5, 5.41) is 1.32. The number of piperidine rings is 1. The summed E-state index contributed by atoms with van der Waals surface area (Å²) in [7, 11) is -4.53. The number of benzene rings is 3. The van der Waals surface area contributed by atoms with E-state index in [1.807, 2.05) is 13.8 Å². The van der Waals surface area contributed by atoms with Crippen LogP contribution in [0.25, 0.3) is 10.8 Å². The van der Waals surface area contributed by atoms with E-state index in [2.05, 4.69) is 20.7 Å². The zero-order valence-corrected chi connectivity index (χ0v) is 24.6. The largest absolute Gasteiger partial charge is 0.491 e. The molecule has 0 radical (unpaired) electrons. The van der Waals surface area contributed by atoms with Crippen LogP contribution >= 0.6 is 15.9 Å². The Morgan fingerprint density at radius 1 is 1.02 bits per heavy atom. The summed E-state index contributed by atoms with van der Waals surface area (Å²) in [6.07, 6.45) is 2.27. The lowest BCUT2D eigenvalue weighted by Gasteiger charge is -2.41. The summed E-state index contributed by atoms with van der Waals surface area (Å²) in [6, 6.07) is 11.7. The Hall–Kier alpha value is -2.60. The standard InChI is InChI=1S/C29H32BrF2N3O4S/c1-17(2)39-25-11-3-19-14-26(12-4-18(19)13-25)40(37,38)34-27(29(31,32)20-5-7-21(30)8-6-20)28(36)35-23-9-10-24(35)16-22(33)15-23/h3-8,11-14,17,22-24,27,34H,9-10,15-16,33H2,1-2H3/t22?,23?,24?,27-/m0/s1. The molecule has 1 amide bonds. The molecule has 40 heavy (non-hydrogen) atoms. The summed E-state index contributed by atoms with van der Waals surface area (Å²) >= 11 is 3.23. The molecule has 7 nitrogen and oxygen atoms in total. The molecule has 0 spiro atoms. The van der Waals surface area contributed by atoms with Gasteiger partial charge in [-0.2, -0.15) is 13.5 Å². The van der Waals surface area contributed by atoms with Gasteiger partial charge in [0.05, 0.1) is 11.0 Å². The Morgan fingerprint density at radius 3 is 2.25 bits per heavy atom. The number of amides is 1. The highest BCUT2D eigenvalue weighted by molar-refractivity contribution is 9.10. The Balaban J connectivity index is 1.50. The van der Waals surface area contributed by atoms with E-state index in [0.717, 1.165) is 5.39 Å². The molecule has 2 bridgehead atoms. The number of hydrogen-bond donors (Lipinski definition) is 2. The highest BCUT2D eigenvalue weighted by atomic mass is 79.9. The molecular formula is C29H32BrF2N3O4S. The van der Waals surface area contributed by atoms with Crippen LogP contribution < -0.4 is 15.2 Å². The van der Waals surface area contributed by atoms with Gasteiger partial charge in [-0.05, 0) is 86.7 Å². The van der Waals surface area contributed by atoms with E-state index < -0.39 is 33.5 Å². The summed E-state index contributed by atoms with van der Waals surface area (Å²) in [5.41, 5.74) is 5.67. The fourth-order valence-corrected chi connectivity index (χ4v) is 7.27. The van der Waals surface area contributed by atoms with E-state index in [0.29, 0.717) is 41.3 Å². The molecule has 3 aromatic rings. The van der Waals surface area contributed by atoms with Crippen LogP contribution in [0.1, 0.15) is 45.1 Å². The number of hydrogen-bond acceptors (Lipinski definition) is 5. The Bertz CT molecular complexity index is 1500. The van der Waals surface area contributed by atoms with Crippen molar-refractivity contribution in [2.45, 2.75) is 80.6 Å². The van der Waals surface area contributed by atoms with Gasteiger partial charge in [-0.25, -0.2) is 8.42 Å². The van der Waals surface area contributed by atoms with E-state index in [1.54, 1.807) is 24.3 Å². The third kappa shape index (κ3) is 5.74. The Morgan fingerprint density at radius 2 is 1.62 bits per heavy atom. The number of fused-ring (bicyclic) bond motifs is 3. The molecule has 2 aliphatic rings. The van der Waals surface area contributed by atoms with Crippen molar-refractivity contribution in [3.05, 3.63) is 70.7 Å². The van der Waals surface area contributed by atoms with Crippen LogP contribution in [0.3, 0.4) is 0 Å². The van der Waals surface area contributed by atoms with E-state index >= 15 is 8.78 Å². The average molecular weight is 637 g/mol. The van der Waals surface area contributed by atoms with Crippen LogP contribution in [0.2, 0.25) is 0 Å². The number of nitrogens with two attached hydrogens (primary N) is 1. The first-order chi connectivity index (χ1) is 18.8. The SMILES string of the molecule is CC(C)Oc1ccc2cc(S(=O)(=O)N[C@@H](C(=O)N3C4CCC3CC(N)C4)C(F)(F)c3ccc(Br)cc3)ccc2c1. The number of carbonyl (C=O) groups is 1. The summed E-state index contributed by atoms with van der Waals surface area (Å²) < 4.78 is 67.8. The van der Waals surface area contributed by atoms with Gasteiger partial charge >= 0.3 is 0 Å². The Kier molecular flexibility index (Phi) is 7.95. The minimum Gasteiger partial charge on any atom is -0.491 e. The van der Waals surface area contributed by atoms with Crippen LogP contribution in [0.4, 0.5) is 8.78 Å². The van der Waals surface area contributed by atoms with Crippen molar-refractivity contribution in [3.8, 4) is 5.75 Å². The third-order valence-electron chi connectivity index (χ3n) is 7.60. The summed E-state index contributed by atoms with van der Waals surface area (Å²) in [5.74, 6) is -4.14. The number of carbonyl (C=O) groups excluding carboxylic acids is 1. The Labute approximate surface area is 241 Å². The number of alkyl halides is 2. The molecule has 0 aliphatic carbocycles. The first-order valence-electron chi connectivity index (χ1n) is 13.3. The van der Waals surface area contributed by atoms with Gasteiger partial charge in [0.25, 0.3) is 5.92 Å². The lowest BCUT2D eigenvalue weighted by molar-refractivity contribution is -0.149. The van der Waals surface area contributed by atoms with Gasteiger partial charge < -0.3 is 15.4 Å². The average Bonchev–Trinajstić information content (AvgIpc) is 3.17. The number of ether oxygens (including phenoxy) is 1. The molecule has 3 N–H and O–H groups in total. The lowest BCUT2D eigenvalue weighted by atomic mass is 9.95. The van der Waals surface area contributed by atoms with Gasteiger partial charge in [-0.15, -0.1) is 0 Å². The molecular weight excluding hydrogens is 604 g/mol. The summed E-state index contributed by atoms with van der Waals surface area (Å²) in [6.45, 7) is 3.80. The van der Waals surface area contributed by atoms with Crippen molar-refractivity contribution >= 4 is 42.6 Å². The van der Waals surface area contributed by atoms with Crippen molar-refractivity contribution in [2.24, 2.45) is 5.73 Å². The van der Waals surface area contributed by atoms with Gasteiger partial charge in [-0.1, -0.05) is 40.2 Å². The number of rotatable bonds is 8. The van der Waals surface area contributed by atoms with Crippen LogP contribution in [0, 0.1) is 0 Å². The van der Waals surface area contributed by atoms with Crippen molar-refractivity contribution < 1.29 is 26.7 Å². The maximum atomic E-state index is 16.1. The molecule has 5 rings (SSSR count). The summed E-state index contributed by atoms with van der Waals surface area (Å²) in [4.78, 5) is 15.1. The van der Waals surface area contributed by atoms with E-state index in [4.69, 9.17) is 10.5 Å². The second kappa shape index (κ2) is 11.0. The molecule has 2 fully saturated rings. The van der Waals surface area contributed by atoms with Crippen LogP contribution in [-0.2, 0) is 20.7 Å². The highest BCUT2D eigenvalue weighted by Gasteiger charge is 2.53. The molecule has 2 unspecified atom stereocenters. The van der Waals surface area contributed by atoms with E-state index in [1.165, 1.54) is 41.3 Å². The second-order valence-electron chi connectivity index (χ2n) is 10.9. The number of halogens is 3. The van der Waals surface area contributed by atoms with Gasteiger partial charge in [0.1, 0.15) is 5.75 Å². The highest BCUT2D eigenvalue weighted by Crippen LogP contribution is 2.40. The molecule has 0 aromatic heterocycles. The molecule has 3 atom stereocenters. The third-order valence-corrected chi connectivity index (χ3v) is 9.55. The van der Waals surface area contributed by atoms with Crippen molar-refractivity contribution in [1.29, 1.82) is 0 Å². The first kappa shape index (κ1) is 28.9. The molecule has 2 heterocycles. The van der Waals surface area contributed by atoms with Crippen LogP contribution in [0.15, 0.2) is 70.0 Å². The quantitative estimate of drug-likeness (QED) is 0.349. The zero-order chi connectivity index (χ0) is 28.8. The number of sulfonamides is 1.